The van der Waals surface area contributed by atoms with E-state index >= 15 is 0 Å². The van der Waals surface area contributed by atoms with Crippen LogP contribution in [0.1, 0.15) is 55.4 Å². The van der Waals surface area contributed by atoms with E-state index in [0.29, 0.717) is 6.54 Å². The van der Waals surface area contributed by atoms with Gasteiger partial charge in [0.25, 0.3) is 0 Å². The van der Waals surface area contributed by atoms with Gasteiger partial charge < -0.3 is 10.3 Å². The zero-order valence-electron chi connectivity index (χ0n) is 15.2. The topological polar surface area (TPSA) is 57.8 Å². The predicted molar refractivity (Wildman–Crippen MR) is 101 cm³/mol. The van der Waals surface area contributed by atoms with Gasteiger partial charge in [0.1, 0.15) is 5.82 Å². The van der Waals surface area contributed by atoms with Crippen molar-refractivity contribution in [3.8, 4) is 0 Å². The molecule has 0 aliphatic heterocycles. The van der Waals surface area contributed by atoms with Crippen LogP contribution >= 0.6 is 11.6 Å². The zero-order chi connectivity index (χ0) is 18.0. The Morgan fingerprint density at radius 2 is 2.24 bits per heavy atom. The van der Waals surface area contributed by atoms with Crippen LogP contribution in [0.4, 0.5) is 0 Å². The molecule has 4 nitrogen and oxygen atoms in total. The normalized spacial score (nSPS) is 17.2. The summed E-state index contributed by atoms with van der Waals surface area (Å²) in [5, 5.41) is 3.90. The van der Waals surface area contributed by atoms with Crippen molar-refractivity contribution in [1.29, 1.82) is 0 Å². The van der Waals surface area contributed by atoms with Gasteiger partial charge in [0.05, 0.1) is 11.6 Å². The first-order valence-corrected chi connectivity index (χ1v) is 9.29. The molecule has 0 bridgehead atoms. The van der Waals surface area contributed by atoms with Gasteiger partial charge in [-0.15, -0.1) is 0 Å². The maximum atomic E-state index is 12.7. The number of hydrogen-bond acceptors (Lipinski definition) is 2. The molecule has 2 N–H and O–H groups in total. The largest absolute Gasteiger partial charge is 0.355 e. The molecule has 1 aliphatic rings. The van der Waals surface area contributed by atoms with Gasteiger partial charge in [-0.1, -0.05) is 37.6 Å². The monoisotopic (exact) mass is 359 g/mol. The Morgan fingerprint density at radius 3 is 3.00 bits per heavy atom. The fraction of sp³-hybridized carbons (Fsp3) is 0.500. The first kappa shape index (κ1) is 18.0. The molecule has 1 unspecified atom stereocenters. The van der Waals surface area contributed by atoms with E-state index in [9.17, 15) is 4.79 Å². The van der Waals surface area contributed by atoms with Crippen LogP contribution in [0.5, 0.6) is 0 Å². The molecular weight excluding hydrogens is 334 g/mol. The molecule has 0 spiro atoms. The quantitative estimate of drug-likeness (QED) is 0.841. The van der Waals surface area contributed by atoms with Crippen LogP contribution in [-0.2, 0) is 17.6 Å². The number of aromatic amines is 1. The Morgan fingerprint density at radius 1 is 1.44 bits per heavy atom. The number of hydrogen-bond donors (Lipinski definition) is 2. The molecule has 0 saturated carbocycles. The van der Waals surface area contributed by atoms with Crippen LogP contribution in [-0.4, -0.2) is 22.4 Å². The summed E-state index contributed by atoms with van der Waals surface area (Å²) in [5.74, 6) is 0.855. The number of carbonyl (C=O) groups is 1. The summed E-state index contributed by atoms with van der Waals surface area (Å²) in [7, 11) is 0. The lowest BCUT2D eigenvalue weighted by molar-refractivity contribution is -0.123. The molecule has 0 fully saturated rings. The number of fused-ring (bicyclic) bond motifs is 1. The average molecular weight is 360 g/mol. The molecule has 0 radical (unpaired) electrons. The number of amides is 1. The molecule has 1 atom stereocenters. The third kappa shape index (κ3) is 4.43. The van der Waals surface area contributed by atoms with Crippen molar-refractivity contribution in [2.45, 2.75) is 52.4 Å². The summed E-state index contributed by atoms with van der Waals surface area (Å²) < 4.78 is 0. The van der Waals surface area contributed by atoms with Crippen LogP contribution in [0.3, 0.4) is 0 Å². The zero-order valence-corrected chi connectivity index (χ0v) is 15.9. The first-order valence-electron chi connectivity index (χ1n) is 8.92. The lowest BCUT2D eigenvalue weighted by Crippen LogP contribution is -2.38. The molecule has 3 rings (SSSR count). The highest BCUT2D eigenvalue weighted by Gasteiger charge is 2.30. The molecule has 134 valence electrons. The van der Waals surface area contributed by atoms with Crippen molar-refractivity contribution in [3.63, 3.8) is 0 Å². The summed E-state index contributed by atoms with van der Waals surface area (Å²) >= 11 is 6.07. The smallest absolute Gasteiger partial charge is 0.229 e. The maximum absolute atomic E-state index is 12.7. The number of aromatic nitrogens is 2. The minimum atomic E-state index is -0.129. The highest BCUT2D eigenvalue weighted by molar-refractivity contribution is 6.30. The average Bonchev–Trinajstić information content (AvgIpc) is 2.92. The summed E-state index contributed by atoms with van der Waals surface area (Å²) in [5.41, 5.74) is 3.21. The summed E-state index contributed by atoms with van der Waals surface area (Å²) in [6.45, 7) is 6.91. The third-order valence-corrected chi connectivity index (χ3v) is 5.04. The maximum Gasteiger partial charge on any atom is 0.229 e. The lowest BCUT2D eigenvalue weighted by atomic mass is 9.85. The Balaban J connectivity index is 1.62. The minimum Gasteiger partial charge on any atom is -0.355 e. The second-order valence-electron chi connectivity index (χ2n) is 7.82. The van der Waals surface area contributed by atoms with Crippen molar-refractivity contribution in [2.24, 2.45) is 5.41 Å². The fourth-order valence-corrected chi connectivity index (χ4v) is 3.84. The number of nitrogens with one attached hydrogen (secondary N) is 2. The van der Waals surface area contributed by atoms with Gasteiger partial charge in [0, 0.05) is 17.3 Å². The van der Waals surface area contributed by atoms with Crippen molar-refractivity contribution in [1.82, 2.24) is 15.3 Å². The van der Waals surface area contributed by atoms with Crippen LogP contribution in [0, 0.1) is 12.3 Å². The molecule has 25 heavy (non-hydrogen) atoms. The Kier molecular flexibility index (Phi) is 5.19. The highest BCUT2D eigenvalue weighted by Crippen LogP contribution is 2.30. The molecule has 0 saturated heterocycles. The van der Waals surface area contributed by atoms with Gasteiger partial charge in [-0.3, -0.25) is 4.79 Å². The van der Waals surface area contributed by atoms with E-state index in [1.807, 2.05) is 25.1 Å². The van der Waals surface area contributed by atoms with Crippen molar-refractivity contribution >= 4 is 17.5 Å². The molecule has 1 aromatic carbocycles. The van der Waals surface area contributed by atoms with E-state index in [2.05, 4.69) is 35.2 Å². The number of benzene rings is 1. The van der Waals surface area contributed by atoms with Gasteiger partial charge in [0.2, 0.25) is 5.91 Å². The highest BCUT2D eigenvalue weighted by atomic mass is 35.5. The number of imidazole rings is 1. The van der Waals surface area contributed by atoms with Gasteiger partial charge >= 0.3 is 0 Å². The van der Waals surface area contributed by atoms with E-state index < -0.39 is 0 Å². The number of halogens is 1. The minimum absolute atomic E-state index is 0.0423. The van der Waals surface area contributed by atoms with Gasteiger partial charge in [0.15, 0.2) is 0 Å². The van der Waals surface area contributed by atoms with Crippen LogP contribution < -0.4 is 5.32 Å². The summed E-state index contributed by atoms with van der Waals surface area (Å²) in [6.07, 6.45) is 3.75. The molecule has 1 amide bonds. The van der Waals surface area contributed by atoms with Gasteiger partial charge in [-0.2, -0.15) is 0 Å². The van der Waals surface area contributed by atoms with E-state index in [-0.39, 0.29) is 17.2 Å². The number of rotatable bonds is 5. The molecule has 5 heteroatoms. The summed E-state index contributed by atoms with van der Waals surface area (Å²) in [4.78, 5) is 20.6. The molecule has 1 heterocycles. The van der Waals surface area contributed by atoms with Crippen LogP contribution in [0.15, 0.2) is 24.3 Å². The van der Waals surface area contributed by atoms with E-state index in [1.165, 1.54) is 5.56 Å². The molecule has 2 aromatic rings. The molecule has 1 aromatic heterocycles. The predicted octanol–water partition coefficient (Wildman–Crippen LogP) is 4.18. The number of nitrogens with zero attached hydrogens (tertiary/aromatic N) is 1. The standard InChI is InChI=1S/C20H26ClN3O/c1-13-23-17-9-5-8-16(18(17)24-13)19(25)22-12-20(2,3)11-14-6-4-7-15(21)10-14/h4,6-7,10,16H,5,8-9,11-12H2,1-3H3,(H,22,25)(H,23,24). The van der Waals surface area contributed by atoms with Crippen molar-refractivity contribution in [2.75, 3.05) is 6.54 Å². The Labute approximate surface area is 154 Å². The lowest BCUT2D eigenvalue weighted by Gasteiger charge is -2.27. The number of H-pyrrole nitrogens is 1. The van der Waals surface area contributed by atoms with E-state index in [1.54, 1.807) is 0 Å². The number of carbonyl (C=O) groups excluding carboxylic acids is 1. The van der Waals surface area contributed by atoms with E-state index in [4.69, 9.17) is 11.6 Å². The fourth-order valence-electron chi connectivity index (χ4n) is 3.62. The van der Waals surface area contributed by atoms with Crippen molar-refractivity contribution < 1.29 is 4.79 Å². The number of aryl methyl sites for hydroxylation is 2. The van der Waals surface area contributed by atoms with Crippen LogP contribution in [0.2, 0.25) is 5.02 Å². The van der Waals surface area contributed by atoms with Gasteiger partial charge in [-0.25, -0.2) is 4.98 Å². The molecule has 1 aliphatic carbocycles. The van der Waals surface area contributed by atoms with Crippen LogP contribution in [0.25, 0.3) is 0 Å². The second kappa shape index (κ2) is 7.20. The SMILES string of the molecule is Cc1nc2c([nH]1)CCCC2C(=O)NCC(C)(C)Cc1cccc(Cl)c1. The molecular formula is C20H26ClN3O. The van der Waals surface area contributed by atoms with Gasteiger partial charge in [-0.05, 0) is 55.7 Å². The van der Waals surface area contributed by atoms with E-state index in [0.717, 1.165) is 47.9 Å². The van der Waals surface area contributed by atoms with Crippen molar-refractivity contribution in [3.05, 3.63) is 52.1 Å². The second-order valence-corrected chi connectivity index (χ2v) is 8.26. The third-order valence-electron chi connectivity index (χ3n) is 4.81. The Bertz CT molecular complexity index is 766. The summed E-state index contributed by atoms with van der Waals surface area (Å²) in [6, 6.07) is 7.92. The Hall–Kier alpha value is -1.81. The first-order chi connectivity index (χ1) is 11.8.